The zero-order valence-corrected chi connectivity index (χ0v) is 11.0. The lowest BCUT2D eigenvalue weighted by Gasteiger charge is -2.23. The predicted octanol–water partition coefficient (Wildman–Crippen LogP) is 1.74. The number of nitrogens with one attached hydrogen (secondary N) is 2. The number of H-pyrrole nitrogens is 1. The third kappa shape index (κ3) is 3.12. The van der Waals surface area contributed by atoms with Crippen molar-refractivity contribution in [1.82, 2.24) is 10.3 Å². The van der Waals surface area contributed by atoms with E-state index < -0.39 is 5.54 Å². The van der Waals surface area contributed by atoms with Crippen molar-refractivity contribution in [1.29, 1.82) is 0 Å². The number of aliphatic hydroxyl groups excluding tert-OH is 1. The fourth-order valence-electron chi connectivity index (χ4n) is 1.94. The van der Waals surface area contributed by atoms with Gasteiger partial charge >= 0.3 is 0 Å². The van der Waals surface area contributed by atoms with E-state index in [9.17, 15) is 9.18 Å². The second kappa shape index (κ2) is 5.01. The van der Waals surface area contributed by atoms with Gasteiger partial charge in [0.15, 0.2) is 0 Å². The van der Waals surface area contributed by atoms with E-state index >= 15 is 0 Å². The van der Waals surface area contributed by atoms with E-state index in [-0.39, 0.29) is 24.8 Å². The van der Waals surface area contributed by atoms with Crippen molar-refractivity contribution in [2.45, 2.75) is 25.8 Å². The fraction of sp³-hybridized carbons (Fsp3) is 0.357. The molecule has 0 aliphatic rings. The van der Waals surface area contributed by atoms with Crippen LogP contribution in [0.2, 0.25) is 0 Å². The molecule has 1 amide bonds. The Hall–Kier alpha value is -1.88. The van der Waals surface area contributed by atoms with Crippen LogP contribution in [0.4, 0.5) is 4.39 Å². The maximum atomic E-state index is 13.0. The third-order valence-corrected chi connectivity index (χ3v) is 2.95. The van der Waals surface area contributed by atoms with Gasteiger partial charge in [0, 0.05) is 17.1 Å². The van der Waals surface area contributed by atoms with Crippen LogP contribution in [-0.4, -0.2) is 28.1 Å². The molecule has 19 heavy (non-hydrogen) atoms. The second-order valence-electron chi connectivity index (χ2n) is 5.27. The van der Waals surface area contributed by atoms with Crippen LogP contribution >= 0.6 is 0 Å². The van der Waals surface area contributed by atoms with Gasteiger partial charge in [0.25, 0.3) is 0 Å². The highest BCUT2D eigenvalue weighted by Gasteiger charge is 2.19. The largest absolute Gasteiger partial charge is 0.394 e. The molecule has 0 radical (unpaired) electrons. The second-order valence-corrected chi connectivity index (χ2v) is 5.27. The maximum Gasteiger partial charge on any atom is 0.224 e. The Kier molecular flexibility index (Phi) is 3.57. The number of halogens is 1. The monoisotopic (exact) mass is 264 g/mol. The molecule has 0 aliphatic carbocycles. The van der Waals surface area contributed by atoms with Crippen molar-refractivity contribution < 1.29 is 14.3 Å². The molecule has 0 bridgehead atoms. The van der Waals surface area contributed by atoms with Crippen LogP contribution in [0.3, 0.4) is 0 Å². The van der Waals surface area contributed by atoms with Crippen molar-refractivity contribution in [3.63, 3.8) is 0 Å². The van der Waals surface area contributed by atoms with Crippen molar-refractivity contribution in [3.05, 3.63) is 35.8 Å². The number of aromatic nitrogens is 1. The predicted molar refractivity (Wildman–Crippen MR) is 71.3 cm³/mol. The van der Waals surface area contributed by atoms with Crippen LogP contribution in [0.15, 0.2) is 24.4 Å². The minimum Gasteiger partial charge on any atom is -0.394 e. The Morgan fingerprint density at radius 2 is 2.21 bits per heavy atom. The summed E-state index contributed by atoms with van der Waals surface area (Å²) in [6.45, 7) is 3.36. The fourth-order valence-corrected chi connectivity index (χ4v) is 1.94. The first-order valence-corrected chi connectivity index (χ1v) is 6.09. The molecule has 0 fully saturated rings. The summed E-state index contributed by atoms with van der Waals surface area (Å²) >= 11 is 0. The van der Waals surface area contributed by atoms with Gasteiger partial charge in [-0.05, 0) is 37.6 Å². The van der Waals surface area contributed by atoms with Gasteiger partial charge in [-0.3, -0.25) is 4.79 Å². The smallest absolute Gasteiger partial charge is 0.224 e. The number of benzene rings is 1. The van der Waals surface area contributed by atoms with Crippen LogP contribution in [0.25, 0.3) is 10.9 Å². The molecular weight excluding hydrogens is 247 g/mol. The van der Waals surface area contributed by atoms with E-state index in [4.69, 9.17) is 5.11 Å². The first-order valence-electron chi connectivity index (χ1n) is 6.09. The number of carbonyl (C=O) groups excluding carboxylic acids is 1. The molecule has 0 saturated carbocycles. The quantitative estimate of drug-likeness (QED) is 0.787. The van der Waals surface area contributed by atoms with E-state index in [2.05, 4.69) is 10.3 Å². The lowest BCUT2D eigenvalue weighted by Crippen LogP contribution is -2.46. The van der Waals surface area contributed by atoms with Gasteiger partial charge in [-0.25, -0.2) is 4.39 Å². The van der Waals surface area contributed by atoms with Gasteiger partial charge in [0.05, 0.1) is 18.6 Å². The summed E-state index contributed by atoms with van der Waals surface area (Å²) in [5.41, 5.74) is 0.834. The highest BCUT2D eigenvalue weighted by atomic mass is 19.1. The van der Waals surface area contributed by atoms with E-state index in [1.54, 1.807) is 26.1 Å². The lowest BCUT2D eigenvalue weighted by atomic mass is 10.1. The SMILES string of the molecule is CC(C)(CO)NC(=O)Cc1c[nH]c2cc(F)ccc12. The molecule has 0 spiro atoms. The third-order valence-electron chi connectivity index (χ3n) is 2.95. The lowest BCUT2D eigenvalue weighted by molar-refractivity contribution is -0.122. The highest BCUT2D eigenvalue weighted by molar-refractivity contribution is 5.89. The van der Waals surface area contributed by atoms with Crippen LogP contribution < -0.4 is 5.32 Å². The molecule has 2 aromatic rings. The van der Waals surface area contributed by atoms with Crippen LogP contribution in [0.1, 0.15) is 19.4 Å². The van der Waals surface area contributed by atoms with Gasteiger partial charge < -0.3 is 15.4 Å². The Bertz CT molecular complexity index is 605. The van der Waals surface area contributed by atoms with Crippen LogP contribution in [0.5, 0.6) is 0 Å². The van der Waals surface area contributed by atoms with Gasteiger partial charge in [-0.15, -0.1) is 0 Å². The molecule has 1 aromatic carbocycles. The molecule has 1 heterocycles. The molecule has 102 valence electrons. The first kappa shape index (κ1) is 13.5. The summed E-state index contributed by atoms with van der Waals surface area (Å²) in [6.07, 6.45) is 1.89. The van der Waals surface area contributed by atoms with Crippen molar-refractivity contribution >= 4 is 16.8 Å². The van der Waals surface area contributed by atoms with Gasteiger partial charge in [0.2, 0.25) is 5.91 Å². The average molecular weight is 264 g/mol. The molecule has 0 atom stereocenters. The highest BCUT2D eigenvalue weighted by Crippen LogP contribution is 2.19. The molecule has 5 heteroatoms. The van der Waals surface area contributed by atoms with Crippen molar-refractivity contribution in [2.75, 3.05) is 6.61 Å². The minimum atomic E-state index is -0.644. The number of rotatable bonds is 4. The van der Waals surface area contributed by atoms with Crippen molar-refractivity contribution in [3.8, 4) is 0 Å². The molecule has 0 unspecified atom stereocenters. The maximum absolute atomic E-state index is 13.0. The van der Waals surface area contributed by atoms with E-state index in [0.29, 0.717) is 5.52 Å². The molecular formula is C14H17FN2O2. The molecule has 0 aliphatic heterocycles. The zero-order chi connectivity index (χ0) is 14.0. The van der Waals surface area contributed by atoms with Gasteiger partial charge in [0.1, 0.15) is 5.82 Å². The topological polar surface area (TPSA) is 65.1 Å². The number of hydrogen-bond acceptors (Lipinski definition) is 2. The molecule has 0 saturated heterocycles. The summed E-state index contributed by atoms with van der Waals surface area (Å²) in [5.74, 6) is -0.490. The Morgan fingerprint density at radius 1 is 1.47 bits per heavy atom. The molecule has 4 nitrogen and oxygen atoms in total. The standard InChI is InChI=1S/C14H17FN2O2/c1-14(2,8-18)17-13(19)5-9-7-16-12-6-10(15)3-4-11(9)12/h3-4,6-7,16,18H,5,8H2,1-2H3,(H,17,19). The summed E-state index contributed by atoms with van der Waals surface area (Å²) in [4.78, 5) is 14.8. The van der Waals surface area contributed by atoms with Gasteiger partial charge in [-0.2, -0.15) is 0 Å². The molecule has 2 rings (SSSR count). The summed E-state index contributed by atoms with van der Waals surface area (Å²) in [5, 5.41) is 12.7. The Morgan fingerprint density at radius 3 is 2.89 bits per heavy atom. The summed E-state index contributed by atoms with van der Waals surface area (Å²) in [7, 11) is 0. The van der Waals surface area contributed by atoms with E-state index in [0.717, 1.165) is 10.9 Å². The van der Waals surface area contributed by atoms with Crippen LogP contribution in [0, 0.1) is 5.82 Å². The average Bonchev–Trinajstić information content (AvgIpc) is 2.71. The zero-order valence-electron chi connectivity index (χ0n) is 11.0. The van der Waals surface area contributed by atoms with Crippen molar-refractivity contribution in [2.24, 2.45) is 0 Å². The molecule has 3 N–H and O–H groups in total. The van der Waals surface area contributed by atoms with E-state index in [1.807, 2.05) is 0 Å². The minimum absolute atomic E-state index is 0.127. The number of aromatic amines is 1. The Balaban J connectivity index is 2.16. The summed E-state index contributed by atoms with van der Waals surface area (Å²) in [6, 6.07) is 4.42. The number of carbonyl (C=O) groups is 1. The Labute approximate surface area is 110 Å². The first-order chi connectivity index (χ1) is 8.91. The normalized spacial score (nSPS) is 11.8. The number of fused-ring (bicyclic) bond motifs is 1. The number of hydrogen-bond donors (Lipinski definition) is 3. The van der Waals surface area contributed by atoms with Crippen LogP contribution in [-0.2, 0) is 11.2 Å². The van der Waals surface area contributed by atoms with Gasteiger partial charge in [-0.1, -0.05) is 0 Å². The summed E-state index contributed by atoms with van der Waals surface area (Å²) < 4.78 is 13.0. The molecule has 1 aromatic heterocycles. The number of amides is 1. The number of aliphatic hydroxyl groups is 1. The van der Waals surface area contributed by atoms with E-state index in [1.165, 1.54) is 12.1 Å².